The highest BCUT2D eigenvalue weighted by atomic mass is 32.1. The Morgan fingerprint density at radius 1 is 1.33 bits per heavy atom. The minimum Gasteiger partial charge on any atom is -0.392 e. The highest BCUT2D eigenvalue weighted by Crippen LogP contribution is 2.57. The lowest BCUT2D eigenvalue weighted by Gasteiger charge is -2.53. The first kappa shape index (κ1) is 22.8. The van der Waals surface area contributed by atoms with Crippen LogP contribution in [0, 0.1) is 23.2 Å². The zero-order valence-electron chi connectivity index (χ0n) is 19.9. The second kappa shape index (κ2) is 8.99. The van der Waals surface area contributed by atoms with E-state index in [0.29, 0.717) is 6.04 Å². The molecular weight excluding hydrogens is 432 g/mol. The maximum atomic E-state index is 12.7. The Balaban J connectivity index is 1.28. The van der Waals surface area contributed by atoms with Crippen molar-refractivity contribution in [2.24, 2.45) is 23.2 Å². The number of aliphatic hydroxyl groups is 1. The second-order valence-corrected chi connectivity index (χ2v) is 11.8. The molecule has 2 heterocycles. The van der Waals surface area contributed by atoms with Crippen LogP contribution < -0.4 is 10.6 Å². The third-order valence-corrected chi connectivity index (χ3v) is 9.31. The number of fused-ring (bicyclic) bond motifs is 2. The van der Waals surface area contributed by atoms with E-state index in [1.54, 1.807) is 11.3 Å². The molecule has 0 spiro atoms. The molecule has 5 rings (SSSR count). The van der Waals surface area contributed by atoms with Gasteiger partial charge in [-0.1, -0.05) is 26.8 Å². The molecule has 0 bridgehead atoms. The number of nitrogens with one attached hydrogen (secondary N) is 2. The van der Waals surface area contributed by atoms with E-state index in [4.69, 9.17) is 4.98 Å². The number of hydrogen-bond donors (Lipinski definition) is 3. The summed E-state index contributed by atoms with van der Waals surface area (Å²) in [4.78, 5) is 23.4. The van der Waals surface area contributed by atoms with Crippen LogP contribution in [0.25, 0.3) is 0 Å². The zero-order chi connectivity index (χ0) is 23.2. The number of carbonyl (C=O) groups excluding carboxylic acids is 1. The molecule has 2 fully saturated rings. The van der Waals surface area contributed by atoms with Gasteiger partial charge >= 0.3 is 0 Å². The Hall–Kier alpha value is -1.99. The normalized spacial score (nSPS) is 31.9. The van der Waals surface area contributed by atoms with Crippen molar-refractivity contribution in [2.45, 2.75) is 77.4 Å². The number of hydrogen-bond acceptors (Lipinski definition) is 6. The number of aromatic nitrogens is 2. The fourth-order valence-electron chi connectivity index (χ4n) is 6.22. The van der Waals surface area contributed by atoms with Gasteiger partial charge in [-0.3, -0.25) is 9.78 Å². The largest absolute Gasteiger partial charge is 0.392 e. The maximum absolute atomic E-state index is 12.7. The van der Waals surface area contributed by atoms with Gasteiger partial charge in [0.25, 0.3) is 0 Å². The molecule has 6 nitrogen and oxygen atoms in total. The van der Waals surface area contributed by atoms with E-state index in [1.165, 1.54) is 4.88 Å². The number of carbonyl (C=O) groups is 1. The number of nitrogens with zero attached hydrogens (tertiary/aromatic N) is 2. The topological polar surface area (TPSA) is 87.1 Å². The van der Waals surface area contributed by atoms with Gasteiger partial charge in [-0.2, -0.15) is 0 Å². The van der Waals surface area contributed by atoms with E-state index < -0.39 is 6.10 Å². The Bertz CT molecular complexity index is 991. The van der Waals surface area contributed by atoms with Gasteiger partial charge in [-0.25, -0.2) is 4.98 Å². The molecule has 6 atom stereocenters. The highest BCUT2D eigenvalue weighted by Gasteiger charge is 2.54. The van der Waals surface area contributed by atoms with E-state index in [-0.39, 0.29) is 35.0 Å². The van der Waals surface area contributed by atoms with Gasteiger partial charge in [0, 0.05) is 47.6 Å². The number of anilines is 1. The van der Waals surface area contributed by atoms with Gasteiger partial charge in [0.2, 0.25) is 5.91 Å². The van der Waals surface area contributed by atoms with E-state index >= 15 is 0 Å². The number of pyridine rings is 1. The molecule has 2 aromatic rings. The summed E-state index contributed by atoms with van der Waals surface area (Å²) >= 11 is 1.77. The van der Waals surface area contributed by atoms with Crippen LogP contribution in [0.2, 0.25) is 0 Å². The third-order valence-electron chi connectivity index (χ3n) is 8.29. The Morgan fingerprint density at radius 2 is 2.15 bits per heavy atom. The van der Waals surface area contributed by atoms with E-state index in [2.05, 4.69) is 29.5 Å². The fraction of sp³-hybridized carbons (Fsp3) is 0.654. The van der Waals surface area contributed by atoms with Crippen LogP contribution in [0.1, 0.15) is 68.6 Å². The smallest absolute Gasteiger partial charge is 0.223 e. The lowest BCUT2D eigenvalue weighted by Crippen LogP contribution is -2.53. The third kappa shape index (κ3) is 4.54. The van der Waals surface area contributed by atoms with Gasteiger partial charge in [0.15, 0.2) is 5.13 Å². The number of rotatable bonds is 7. The summed E-state index contributed by atoms with van der Waals surface area (Å²) in [6.45, 7) is 7.36. The van der Waals surface area contributed by atoms with Crippen LogP contribution >= 0.6 is 11.3 Å². The van der Waals surface area contributed by atoms with Gasteiger partial charge < -0.3 is 15.7 Å². The predicted octanol–water partition coefficient (Wildman–Crippen LogP) is 4.16. The van der Waals surface area contributed by atoms with Crippen LogP contribution in [0.3, 0.4) is 0 Å². The van der Waals surface area contributed by atoms with Gasteiger partial charge in [0.05, 0.1) is 11.8 Å². The summed E-state index contributed by atoms with van der Waals surface area (Å²) in [5.41, 5.74) is 2.26. The molecule has 2 aromatic heterocycles. The monoisotopic (exact) mass is 468 g/mol. The first-order valence-corrected chi connectivity index (χ1v) is 13.3. The van der Waals surface area contributed by atoms with Crippen molar-refractivity contribution in [1.29, 1.82) is 0 Å². The standard InChI is InChI=1S/C26H36N4O2S/c1-15(24(32)29-18-7-8-18)19-9-11-26(3)14-20-22(16(2)21(26)23(19)31)30-25(33-20)28-13-10-17-6-4-5-12-27-17/h4-6,12,15-16,18-19,21,23,31H,7-11,13-14H2,1-3H3,(H,28,30)(H,29,32). The molecule has 178 valence electrons. The lowest BCUT2D eigenvalue weighted by atomic mass is 9.53. The Kier molecular flexibility index (Phi) is 6.21. The molecule has 0 radical (unpaired) electrons. The molecule has 1 amide bonds. The van der Waals surface area contributed by atoms with Crippen molar-refractivity contribution < 1.29 is 9.90 Å². The molecule has 0 saturated heterocycles. The van der Waals surface area contributed by atoms with E-state index in [9.17, 15) is 9.90 Å². The summed E-state index contributed by atoms with van der Waals surface area (Å²) in [5.74, 6) is 0.280. The highest BCUT2D eigenvalue weighted by molar-refractivity contribution is 7.15. The molecule has 3 aliphatic rings. The molecule has 6 unspecified atom stereocenters. The predicted molar refractivity (Wildman–Crippen MR) is 131 cm³/mol. The first-order valence-electron chi connectivity index (χ1n) is 12.5. The molecule has 3 N–H and O–H groups in total. The van der Waals surface area contributed by atoms with Crippen molar-refractivity contribution >= 4 is 22.4 Å². The van der Waals surface area contributed by atoms with Gasteiger partial charge in [-0.15, -0.1) is 11.3 Å². The summed E-state index contributed by atoms with van der Waals surface area (Å²) in [7, 11) is 0. The average Bonchev–Trinajstić information content (AvgIpc) is 3.51. The SMILES string of the molecule is CC(C(=O)NC1CC1)C1CCC2(C)Cc3sc(NCCc4ccccn4)nc3C(C)C2C1O. The van der Waals surface area contributed by atoms with Crippen molar-refractivity contribution in [1.82, 2.24) is 15.3 Å². The van der Waals surface area contributed by atoms with Crippen molar-refractivity contribution in [3.63, 3.8) is 0 Å². The number of amides is 1. The molecule has 3 aliphatic carbocycles. The van der Waals surface area contributed by atoms with Crippen LogP contribution in [-0.4, -0.2) is 39.7 Å². The summed E-state index contributed by atoms with van der Waals surface area (Å²) < 4.78 is 0. The molecule has 0 aromatic carbocycles. The Labute approximate surface area is 200 Å². The molecule has 33 heavy (non-hydrogen) atoms. The van der Waals surface area contributed by atoms with Gasteiger partial charge in [-0.05, 0) is 61.5 Å². The molecule has 2 saturated carbocycles. The van der Waals surface area contributed by atoms with E-state index in [0.717, 1.165) is 61.6 Å². The summed E-state index contributed by atoms with van der Waals surface area (Å²) in [5, 5.41) is 19.1. The summed E-state index contributed by atoms with van der Waals surface area (Å²) in [6, 6.07) is 6.36. The fourth-order valence-corrected chi connectivity index (χ4v) is 7.51. The lowest BCUT2D eigenvalue weighted by molar-refractivity contribution is -0.134. The van der Waals surface area contributed by atoms with Crippen LogP contribution in [-0.2, 0) is 17.6 Å². The second-order valence-electron chi connectivity index (χ2n) is 10.7. The summed E-state index contributed by atoms with van der Waals surface area (Å²) in [6.07, 6.45) is 7.31. The molecule has 7 heteroatoms. The minimum absolute atomic E-state index is 0.0143. The quantitative estimate of drug-likeness (QED) is 0.568. The van der Waals surface area contributed by atoms with Crippen LogP contribution in [0.4, 0.5) is 5.13 Å². The van der Waals surface area contributed by atoms with Gasteiger partial charge in [0.1, 0.15) is 0 Å². The molecule has 0 aliphatic heterocycles. The Morgan fingerprint density at radius 3 is 2.88 bits per heavy atom. The van der Waals surface area contributed by atoms with E-state index in [1.807, 2.05) is 31.3 Å². The number of aliphatic hydroxyl groups excluding tert-OH is 1. The first-order chi connectivity index (χ1) is 15.9. The average molecular weight is 469 g/mol. The number of thiazole rings is 1. The van der Waals surface area contributed by atoms with Crippen LogP contribution in [0.15, 0.2) is 24.4 Å². The van der Waals surface area contributed by atoms with Crippen LogP contribution in [0.5, 0.6) is 0 Å². The van der Waals surface area contributed by atoms with Crippen molar-refractivity contribution in [3.05, 3.63) is 40.7 Å². The molecular formula is C26H36N4O2S. The maximum Gasteiger partial charge on any atom is 0.223 e. The van der Waals surface area contributed by atoms with Crippen molar-refractivity contribution in [2.75, 3.05) is 11.9 Å². The minimum atomic E-state index is -0.478. The van der Waals surface area contributed by atoms with Crippen molar-refractivity contribution in [3.8, 4) is 0 Å². The zero-order valence-corrected chi connectivity index (χ0v) is 20.7.